The highest BCUT2D eigenvalue weighted by atomic mass is 32.1. The van der Waals surface area contributed by atoms with Gasteiger partial charge < -0.3 is 41.3 Å². The molecule has 15 heteroatoms. The number of ether oxygens (including phenoxy) is 1. The van der Waals surface area contributed by atoms with Crippen LogP contribution in [0.1, 0.15) is 41.0 Å². The number of carbonyl (C=O) groups is 4. The molecule has 9 N–H and O–H groups in total. The summed E-state index contributed by atoms with van der Waals surface area (Å²) in [6.45, 7) is 1.64. The first kappa shape index (κ1) is 35.8. The van der Waals surface area contributed by atoms with Gasteiger partial charge in [0.15, 0.2) is 16.5 Å². The molecule has 0 bridgehead atoms. The SMILES string of the molecule is C[C@H]1c2ccc(NC(=S)NC(=O)OCC3c4ccccc4-c4ccccc43)c(O)c2C(O)=C2C(=O)[C@]3(O)C(O)=C(C(N)=O)C(=O)[C@@H](N(C)C)C3[C@@H](O)C21. The Morgan fingerprint density at radius 2 is 1.57 bits per heavy atom. The average molecular weight is 741 g/mol. The van der Waals surface area contributed by atoms with Crippen LogP contribution in [-0.4, -0.2) is 97.6 Å². The molecule has 4 aliphatic rings. The number of fused-ring (bicyclic) bond motifs is 6. The lowest BCUT2D eigenvalue weighted by Crippen LogP contribution is -2.70. The number of benzene rings is 3. The third-order valence-corrected chi connectivity index (χ3v) is 11.1. The number of thiocarbonyl (C=S) groups is 1. The van der Waals surface area contributed by atoms with E-state index >= 15 is 0 Å². The molecule has 3 aromatic carbocycles. The van der Waals surface area contributed by atoms with Crippen LogP contribution in [0.3, 0.4) is 0 Å². The van der Waals surface area contributed by atoms with Crippen LogP contribution in [0.4, 0.5) is 10.5 Å². The molecule has 1 saturated carbocycles. The number of aliphatic hydroxyl groups excluding tert-OH is 3. The summed E-state index contributed by atoms with van der Waals surface area (Å²) in [5, 5.41) is 62.6. The van der Waals surface area contributed by atoms with E-state index in [1.165, 1.54) is 31.1 Å². The van der Waals surface area contributed by atoms with Gasteiger partial charge in [-0.2, -0.15) is 0 Å². The van der Waals surface area contributed by atoms with Gasteiger partial charge in [0.25, 0.3) is 5.91 Å². The first-order valence-electron chi connectivity index (χ1n) is 16.7. The predicted molar refractivity (Wildman–Crippen MR) is 195 cm³/mol. The molecule has 4 aliphatic carbocycles. The zero-order chi connectivity index (χ0) is 38.3. The molecule has 0 spiro atoms. The Hall–Kier alpha value is -5.61. The minimum absolute atomic E-state index is 0.0231. The standard InChI is InChI=1S/C38H36N4O10S/c1-15-16-12-13-22(40-36(53)41-37(50)52-14-21-19-10-6-4-8-17(19)18-9-5-7-11-20(18)21)29(43)24(16)30(44)25-23(15)31(45)27-28(42(2)3)32(46)26(35(39)49)34(48)38(27,51)33(25)47/h4-13,15,21,23,27-28,31,43-45,48,51H,14H2,1-3H3,(H2,39,49)(H2,40,41,50,53)/t15-,23?,27?,28-,31-,38-/m0/s1. The Balaban J connectivity index is 1.15. The van der Waals surface area contributed by atoms with Crippen molar-refractivity contribution in [2.75, 3.05) is 26.0 Å². The van der Waals surface area contributed by atoms with Crippen molar-refractivity contribution < 1.29 is 49.4 Å². The van der Waals surface area contributed by atoms with Crippen molar-refractivity contribution in [3.05, 3.63) is 99.8 Å². The fraction of sp³-hybridized carbons (Fsp3) is 0.289. The number of nitrogens with two attached hydrogens (primary N) is 1. The van der Waals surface area contributed by atoms with E-state index in [1.54, 1.807) is 6.92 Å². The molecule has 2 amide bonds. The fourth-order valence-corrected chi connectivity index (χ4v) is 8.79. The van der Waals surface area contributed by atoms with E-state index in [0.717, 1.165) is 22.3 Å². The van der Waals surface area contributed by atoms with Crippen molar-refractivity contribution in [3.63, 3.8) is 0 Å². The summed E-state index contributed by atoms with van der Waals surface area (Å²) in [7, 11) is 2.87. The molecule has 53 heavy (non-hydrogen) atoms. The number of phenols is 1. The number of rotatable bonds is 5. The average Bonchev–Trinajstić information content (AvgIpc) is 3.43. The summed E-state index contributed by atoms with van der Waals surface area (Å²) in [4.78, 5) is 54.0. The van der Waals surface area contributed by atoms with Crippen molar-refractivity contribution in [1.29, 1.82) is 0 Å². The number of likely N-dealkylation sites (N-methyl/N-ethyl adjacent to an activating group) is 1. The maximum Gasteiger partial charge on any atom is 0.413 e. The first-order valence-corrected chi connectivity index (χ1v) is 17.1. The Bertz CT molecular complexity index is 2170. The number of carbonyl (C=O) groups excluding carboxylic acids is 4. The van der Waals surface area contributed by atoms with Gasteiger partial charge in [-0.3, -0.25) is 24.6 Å². The van der Waals surface area contributed by atoms with Crippen molar-refractivity contribution in [2.24, 2.45) is 17.6 Å². The van der Waals surface area contributed by atoms with E-state index in [2.05, 4.69) is 10.6 Å². The van der Waals surface area contributed by atoms with Gasteiger partial charge in [-0.05, 0) is 66.1 Å². The molecule has 274 valence electrons. The molecule has 2 unspecified atom stereocenters. The summed E-state index contributed by atoms with van der Waals surface area (Å²) in [5.74, 6) is -10.3. The van der Waals surface area contributed by atoms with Crippen LogP contribution in [0.15, 0.2) is 77.6 Å². The van der Waals surface area contributed by atoms with E-state index in [9.17, 15) is 44.7 Å². The molecule has 0 aromatic heterocycles. The van der Waals surface area contributed by atoms with Crippen LogP contribution in [-0.2, 0) is 19.1 Å². The number of aliphatic hydroxyl groups is 4. The molecular weight excluding hydrogens is 705 g/mol. The van der Waals surface area contributed by atoms with Gasteiger partial charge in [-0.15, -0.1) is 0 Å². The molecule has 0 saturated heterocycles. The van der Waals surface area contributed by atoms with Gasteiger partial charge in [0.05, 0.1) is 29.3 Å². The topological polar surface area (TPSA) is 232 Å². The highest BCUT2D eigenvalue weighted by molar-refractivity contribution is 7.80. The van der Waals surface area contributed by atoms with Crippen LogP contribution in [0.5, 0.6) is 5.75 Å². The molecule has 0 aliphatic heterocycles. The van der Waals surface area contributed by atoms with Gasteiger partial charge in [0.1, 0.15) is 29.4 Å². The number of nitrogens with zero attached hydrogens (tertiary/aromatic N) is 1. The fourth-order valence-electron chi connectivity index (χ4n) is 8.60. The minimum Gasteiger partial charge on any atom is -0.508 e. The maximum atomic E-state index is 14.2. The molecular formula is C38H36N4O10S. The normalized spacial score (nSPS) is 26.0. The minimum atomic E-state index is -3.04. The Morgan fingerprint density at radius 3 is 2.15 bits per heavy atom. The highest BCUT2D eigenvalue weighted by Crippen LogP contribution is 2.56. The number of hydrogen-bond acceptors (Lipinski definition) is 12. The summed E-state index contributed by atoms with van der Waals surface area (Å²) in [6.07, 6.45) is -2.59. The maximum absolute atomic E-state index is 14.2. The number of hydrogen-bond donors (Lipinski definition) is 8. The van der Waals surface area contributed by atoms with Gasteiger partial charge >= 0.3 is 6.09 Å². The Labute approximate surface area is 308 Å². The summed E-state index contributed by atoms with van der Waals surface area (Å²) >= 11 is 5.32. The molecule has 0 radical (unpaired) electrons. The van der Waals surface area contributed by atoms with Gasteiger partial charge in [-0.1, -0.05) is 61.5 Å². The second-order valence-corrected chi connectivity index (χ2v) is 14.3. The first-order chi connectivity index (χ1) is 25.1. The van der Waals surface area contributed by atoms with Crippen molar-refractivity contribution >= 4 is 52.3 Å². The Kier molecular flexibility index (Phi) is 8.64. The van der Waals surface area contributed by atoms with Crippen LogP contribution >= 0.6 is 12.2 Å². The highest BCUT2D eigenvalue weighted by Gasteiger charge is 2.68. The number of nitrogens with one attached hydrogen (secondary N) is 2. The van der Waals surface area contributed by atoms with Gasteiger partial charge in [0.2, 0.25) is 5.78 Å². The third-order valence-electron chi connectivity index (χ3n) is 10.9. The van der Waals surface area contributed by atoms with E-state index in [4.69, 9.17) is 22.7 Å². The summed E-state index contributed by atoms with van der Waals surface area (Å²) in [5.41, 5.74) is 4.93. The molecule has 6 atom stereocenters. The van der Waals surface area contributed by atoms with Crippen LogP contribution in [0, 0.1) is 11.8 Å². The quantitative estimate of drug-likeness (QED) is 0.107. The Morgan fingerprint density at radius 1 is 0.962 bits per heavy atom. The zero-order valence-corrected chi connectivity index (χ0v) is 29.5. The van der Waals surface area contributed by atoms with Crippen LogP contribution in [0.2, 0.25) is 0 Å². The lowest BCUT2D eigenvalue weighted by Gasteiger charge is -2.53. The molecule has 14 nitrogen and oxygen atoms in total. The molecule has 0 heterocycles. The number of Topliss-reactive ketones (excluding diaryl/α,β-unsaturated/α-hetero) is 2. The van der Waals surface area contributed by atoms with Crippen molar-refractivity contribution in [2.45, 2.75) is 36.5 Å². The molecule has 7 rings (SSSR count). The number of primary amides is 1. The van der Waals surface area contributed by atoms with Crippen LogP contribution < -0.4 is 16.4 Å². The number of aromatic hydroxyl groups is 1. The smallest absolute Gasteiger partial charge is 0.413 e. The van der Waals surface area contributed by atoms with E-state index < -0.39 is 87.5 Å². The van der Waals surface area contributed by atoms with Gasteiger partial charge in [-0.25, -0.2) is 4.79 Å². The number of anilines is 1. The van der Waals surface area contributed by atoms with Crippen molar-refractivity contribution in [3.8, 4) is 16.9 Å². The largest absolute Gasteiger partial charge is 0.508 e. The predicted octanol–water partition coefficient (Wildman–Crippen LogP) is 2.73. The summed E-state index contributed by atoms with van der Waals surface area (Å²) < 4.78 is 5.54. The van der Waals surface area contributed by atoms with Gasteiger partial charge in [0, 0.05) is 17.4 Å². The van der Waals surface area contributed by atoms with E-state index in [-0.39, 0.29) is 28.9 Å². The lowest BCUT2D eigenvalue weighted by molar-refractivity contribution is -0.169. The second-order valence-electron chi connectivity index (χ2n) is 13.9. The lowest BCUT2D eigenvalue weighted by atomic mass is 9.54. The van der Waals surface area contributed by atoms with Crippen LogP contribution in [0.25, 0.3) is 16.9 Å². The third kappa shape index (κ3) is 5.22. The molecule has 1 fully saturated rings. The number of phenolic OH excluding ortho intramolecular Hbond substituents is 1. The second kappa shape index (κ2) is 12.8. The van der Waals surface area contributed by atoms with E-state index in [1.807, 2.05) is 48.5 Å². The van der Waals surface area contributed by atoms with Crippen molar-refractivity contribution in [1.82, 2.24) is 10.2 Å². The number of ketones is 2. The molecule has 3 aromatic rings. The number of amides is 2. The summed E-state index contributed by atoms with van der Waals surface area (Å²) in [6, 6.07) is 17.2. The monoisotopic (exact) mass is 740 g/mol. The van der Waals surface area contributed by atoms with E-state index in [0.29, 0.717) is 5.56 Å². The zero-order valence-electron chi connectivity index (χ0n) is 28.7. The number of alkyl carbamates (subject to hydrolysis) is 1.